The quantitative estimate of drug-likeness (QED) is 0.908. The Kier molecular flexibility index (Phi) is 3.08. The van der Waals surface area contributed by atoms with Gasteiger partial charge in [0.05, 0.1) is 6.04 Å². The van der Waals surface area contributed by atoms with Crippen LogP contribution in [-0.2, 0) is 0 Å². The second-order valence-corrected chi connectivity index (χ2v) is 4.33. The third-order valence-electron chi connectivity index (χ3n) is 3.00. The summed E-state index contributed by atoms with van der Waals surface area (Å²) in [6, 6.07) is 5.35. The molecule has 0 amide bonds. The number of hydrogen-bond acceptors (Lipinski definition) is 6. The predicted molar refractivity (Wildman–Crippen MR) is 67.9 cm³/mol. The summed E-state index contributed by atoms with van der Waals surface area (Å²) in [5.74, 6) is 2.40. The molecule has 6 heteroatoms. The second kappa shape index (κ2) is 4.89. The molecule has 0 spiro atoms. The van der Waals surface area contributed by atoms with E-state index in [1.807, 2.05) is 25.1 Å². The minimum Gasteiger partial charge on any atom is -0.486 e. The van der Waals surface area contributed by atoms with Crippen LogP contribution in [-0.4, -0.2) is 23.4 Å². The predicted octanol–water partition coefficient (Wildman–Crippen LogP) is 1.92. The maximum atomic E-state index is 5.86. The molecule has 3 rings (SSSR count). The van der Waals surface area contributed by atoms with E-state index in [9.17, 15) is 0 Å². The Morgan fingerprint density at radius 1 is 1.26 bits per heavy atom. The Balaban J connectivity index is 1.91. The fraction of sp³-hybridized carbons (Fsp3) is 0.385. The van der Waals surface area contributed by atoms with Crippen LogP contribution in [0.2, 0.25) is 0 Å². The van der Waals surface area contributed by atoms with E-state index in [0.29, 0.717) is 30.7 Å². The van der Waals surface area contributed by atoms with Crippen molar-refractivity contribution in [3.8, 4) is 22.9 Å². The number of benzene rings is 1. The fourth-order valence-electron chi connectivity index (χ4n) is 1.86. The van der Waals surface area contributed by atoms with Crippen molar-refractivity contribution in [2.75, 3.05) is 13.2 Å². The summed E-state index contributed by atoms with van der Waals surface area (Å²) in [4.78, 5) is 4.30. The monoisotopic (exact) mass is 261 g/mol. The molecule has 0 radical (unpaired) electrons. The van der Waals surface area contributed by atoms with E-state index in [4.69, 9.17) is 19.7 Å². The highest BCUT2D eigenvalue weighted by atomic mass is 16.6. The molecule has 6 nitrogen and oxygen atoms in total. The van der Waals surface area contributed by atoms with Gasteiger partial charge in [0.15, 0.2) is 11.5 Å². The summed E-state index contributed by atoms with van der Waals surface area (Å²) in [7, 11) is 0. The van der Waals surface area contributed by atoms with Crippen LogP contribution >= 0.6 is 0 Å². The van der Waals surface area contributed by atoms with Crippen molar-refractivity contribution in [3.05, 3.63) is 24.1 Å². The van der Waals surface area contributed by atoms with Gasteiger partial charge < -0.3 is 19.7 Å². The molecule has 0 aliphatic carbocycles. The lowest BCUT2D eigenvalue weighted by Crippen LogP contribution is -2.15. The average Bonchev–Trinajstić information content (AvgIpc) is 2.95. The summed E-state index contributed by atoms with van der Waals surface area (Å²) in [5, 5.41) is 3.94. The molecule has 0 fully saturated rings. The Hall–Kier alpha value is -2.08. The normalized spacial score (nSPS) is 15.3. The molecule has 100 valence electrons. The maximum absolute atomic E-state index is 5.86. The van der Waals surface area contributed by atoms with Crippen molar-refractivity contribution in [3.63, 3.8) is 0 Å². The van der Waals surface area contributed by atoms with E-state index in [-0.39, 0.29) is 6.04 Å². The molecule has 1 aromatic carbocycles. The number of ether oxygens (including phenoxy) is 2. The highest BCUT2D eigenvalue weighted by Gasteiger charge is 2.17. The van der Waals surface area contributed by atoms with Gasteiger partial charge in [-0.05, 0) is 24.6 Å². The SMILES string of the molecule is CCC(N)c1nc(-c2ccc3c(c2)OCCO3)no1. The summed E-state index contributed by atoms with van der Waals surface area (Å²) in [6.45, 7) is 3.09. The van der Waals surface area contributed by atoms with E-state index < -0.39 is 0 Å². The standard InChI is InChI=1S/C13H15N3O3/c1-2-9(14)13-15-12(16-19-13)8-3-4-10-11(7-8)18-6-5-17-10/h3-4,7,9H,2,5-6,14H2,1H3. The van der Waals surface area contributed by atoms with Gasteiger partial charge in [0, 0.05) is 5.56 Å². The lowest BCUT2D eigenvalue weighted by molar-refractivity contribution is 0.171. The van der Waals surface area contributed by atoms with Crippen LogP contribution in [0.25, 0.3) is 11.4 Å². The van der Waals surface area contributed by atoms with Gasteiger partial charge in [-0.25, -0.2) is 0 Å². The van der Waals surface area contributed by atoms with Gasteiger partial charge in [-0.15, -0.1) is 0 Å². The van der Waals surface area contributed by atoms with Crippen LogP contribution in [0, 0.1) is 0 Å². The van der Waals surface area contributed by atoms with Gasteiger partial charge in [0.1, 0.15) is 13.2 Å². The van der Waals surface area contributed by atoms with Crippen LogP contribution in [0.1, 0.15) is 25.3 Å². The molecular formula is C13H15N3O3. The summed E-state index contributed by atoms with van der Waals surface area (Å²) < 4.78 is 16.1. The third kappa shape index (κ3) is 2.26. The van der Waals surface area contributed by atoms with Crippen LogP contribution in [0.5, 0.6) is 11.5 Å². The fourth-order valence-corrected chi connectivity index (χ4v) is 1.86. The zero-order valence-corrected chi connectivity index (χ0v) is 10.6. The minimum absolute atomic E-state index is 0.224. The molecule has 2 heterocycles. The number of aromatic nitrogens is 2. The highest BCUT2D eigenvalue weighted by Crippen LogP contribution is 2.33. The topological polar surface area (TPSA) is 83.4 Å². The first-order valence-electron chi connectivity index (χ1n) is 6.27. The van der Waals surface area contributed by atoms with Crippen LogP contribution in [0.3, 0.4) is 0 Å². The zero-order chi connectivity index (χ0) is 13.2. The van der Waals surface area contributed by atoms with Crippen LogP contribution < -0.4 is 15.2 Å². The molecule has 0 bridgehead atoms. The van der Waals surface area contributed by atoms with Crippen LogP contribution in [0.15, 0.2) is 22.7 Å². The van der Waals surface area contributed by atoms with E-state index in [1.165, 1.54) is 0 Å². The van der Waals surface area contributed by atoms with Crippen molar-refractivity contribution in [1.29, 1.82) is 0 Å². The van der Waals surface area contributed by atoms with Gasteiger partial charge in [-0.2, -0.15) is 4.98 Å². The Bertz CT molecular complexity index is 582. The number of nitrogens with two attached hydrogens (primary N) is 1. The molecule has 0 saturated carbocycles. The van der Waals surface area contributed by atoms with Crippen molar-refractivity contribution < 1.29 is 14.0 Å². The highest BCUT2D eigenvalue weighted by molar-refractivity contribution is 5.60. The molecule has 1 aliphatic rings. The van der Waals surface area contributed by atoms with Gasteiger partial charge in [-0.1, -0.05) is 12.1 Å². The van der Waals surface area contributed by atoms with Crippen LogP contribution in [0.4, 0.5) is 0 Å². The molecular weight excluding hydrogens is 246 g/mol. The lowest BCUT2D eigenvalue weighted by Gasteiger charge is -2.18. The van der Waals surface area contributed by atoms with Gasteiger partial charge >= 0.3 is 0 Å². The third-order valence-corrected chi connectivity index (χ3v) is 3.00. The van der Waals surface area contributed by atoms with Gasteiger partial charge in [0.25, 0.3) is 0 Å². The first-order valence-corrected chi connectivity index (χ1v) is 6.27. The van der Waals surface area contributed by atoms with E-state index in [1.54, 1.807) is 0 Å². The van der Waals surface area contributed by atoms with Crippen molar-refractivity contribution in [1.82, 2.24) is 10.1 Å². The molecule has 1 aliphatic heterocycles. The van der Waals surface area contributed by atoms with Crippen molar-refractivity contribution in [2.45, 2.75) is 19.4 Å². The molecule has 0 saturated heterocycles. The second-order valence-electron chi connectivity index (χ2n) is 4.33. The number of rotatable bonds is 3. The van der Waals surface area contributed by atoms with Gasteiger partial charge in [-0.3, -0.25) is 0 Å². The van der Waals surface area contributed by atoms with E-state index in [2.05, 4.69) is 10.1 Å². The number of fused-ring (bicyclic) bond motifs is 1. The largest absolute Gasteiger partial charge is 0.486 e. The van der Waals surface area contributed by atoms with Gasteiger partial charge in [0.2, 0.25) is 11.7 Å². The average molecular weight is 261 g/mol. The molecule has 1 aromatic heterocycles. The summed E-state index contributed by atoms with van der Waals surface area (Å²) >= 11 is 0. The molecule has 2 aromatic rings. The number of hydrogen-bond donors (Lipinski definition) is 1. The first-order chi connectivity index (χ1) is 9.28. The minimum atomic E-state index is -0.224. The molecule has 2 N–H and O–H groups in total. The molecule has 19 heavy (non-hydrogen) atoms. The smallest absolute Gasteiger partial charge is 0.243 e. The summed E-state index contributed by atoms with van der Waals surface area (Å²) in [5.41, 5.74) is 6.68. The lowest BCUT2D eigenvalue weighted by atomic mass is 10.2. The Morgan fingerprint density at radius 2 is 2.05 bits per heavy atom. The zero-order valence-electron chi connectivity index (χ0n) is 10.6. The Morgan fingerprint density at radius 3 is 2.84 bits per heavy atom. The van der Waals surface area contributed by atoms with Crippen molar-refractivity contribution in [2.24, 2.45) is 5.73 Å². The molecule has 1 unspecified atom stereocenters. The first kappa shape index (κ1) is 12.0. The van der Waals surface area contributed by atoms with E-state index >= 15 is 0 Å². The Labute approximate surface area is 110 Å². The van der Waals surface area contributed by atoms with E-state index in [0.717, 1.165) is 17.7 Å². The maximum Gasteiger partial charge on any atom is 0.243 e. The summed E-state index contributed by atoms with van der Waals surface area (Å²) in [6.07, 6.45) is 0.753. The van der Waals surface area contributed by atoms with Crippen molar-refractivity contribution >= 4 is 0 Å². The molecule has 1 atom stereocenters. The number of nitrogens with zero attached hydrogens (tertiary/aromatic N) is 2.